The van der Waals surface area contributed by atoms with Crippen LogP contribution in [0.25, 0.3) is 6.08 Å². The Morgan fingerprint density at radius 3 is 2.39 bits per heavy atom. The summed E-state index contributed by atoms with van der Waals surface area (Å²) in [6.45, 7) is 2.08. The molecule has 0 unspecified atom stereocenters. The van der Waals surface area contributed by atoms with E-state index in [0.717, 1.165) is 10.4 Å². The number of allylic oxidation sites excluding steroid dienone is 1. The molecule has 0 saturated carbocycles. The second kappa shape index (κ2) is 6.25. The van der Waals surface area contributed by atoms with Gasteiger partial charge >= 0.3 is 0 Å². The topological polar surface area (TPSA) is 0 Å². The van der Waals surface area contributed by atoms with Gasteiger partial charge in [-0.3, -0.25) is 0 Å². The average Bonchev–Trinajstić information content (AvgIpc) is 2.38. The minimum Gasteiger partial charge on any atom is -0.0795 e. The van der Waals surface area contributed by atoms with Gasteiger partial charge in [0.25, 0.3) is 0 Å². The van der Waals surface area contributed by atoms with Gasteiger partial charge in [-0.15, -0.1) is 0 Å². The third kappa shape index (κ3) is 3.50. The number of thiocarbonyl (C=S) groups is 1. The van der Waals surface area contributed by atoms with Crippen molar-refractivity contribution >= 4 is 45.7 Å². The molecule has 0 spiro atoms. The highest BCUT2D eigenvalue weighted by Crippen LogP contribution is 2.14. The number of aryl methyl sites for hydroxylation is 1. The lowest BCUT2D eigenvalue weighted by molar-refractivity contribution is 1.47. The van der Waals surface area contributed by atoms with Crippen LogP contribution < -0.4 is 0 Å². The molecule has 0 heterocycles. The Balaban J connectivity index is 2.17. The Kier molecular flexibility index (Phi) is 4.66. The number of halogens is 1. The molecule has 0 atom stereocenters. The molecule has 2 aromatic rings. The van der Waals surface area contributed by atoms with Gasteiger partial charge in [-0.2, -0.15) is 0 Å². The quantitative estimate of drug-likeness (QED) is 0.319. The standard InChI is InChI=1S/C16H13IS/c1-12-6-8-14(9-7-12)16(18)11-10-13-4-2-3-5-15(13)17/h2-11H,1H3. The van der Waals surface area contributed by atoms with Crippen LogP contribution in [0, 0.1) is 10.5 Å². The van der Waals surface area contributed by atoms with E-state index >= 15 is 0 Å². The predicted octanol–water partition coefficient (Wildman–Crippen LogP) is 5.03. The van der Waals surface area contributed by atoms with Gasteiger partial charge in [0, 0.05) is 8.43 Å². The zero-order chi connectivity index (χ0) is 13.0. The highest BCUT2D eigenvalue weighted by Gasteiger charge is 1.97. The lowest BCUT2D eigenvalue weighted by atomic mass is 10.1. The van der Waals surface area contributed by atoms with Crippen LogP contribution in [0.4, 0.5) is 0 Å². The van der Waals surface area contributed by atoms with Crippen molar-refractivity contribution in [2.24, 2.45) is 0 Å². The minimum absolute atomic E-state index is 0.870. The van der Waals surface area contributed by atoms with Crippen molar-refractivity contribution < 1.29 is 0 Å². The summed E-state index contributed by atoms with van der Waals surface area (Å²) in [5.74, 6) is 0. The lowest BCUT2D eigenvalue weighted by Crippen LogP contribution is -1.92. The normalized spacial score (nSPS) is 10.8. The van der Waals surface area contributed by atoms with E-state index in [4.69, 9.17) is 12.2 Å². The van der Waals surface area contributed by atoms with Crippen molar-refractivity contribution in [3.63, 3.8) is 0 Å². The molecule has 18 heavy (non-hydrogen) atoms. The SMILES string of the molecule is Cc1ccc(C(=S)C=Cc2ccccc2I)cc1. The van der Waals surface area contributed by atoms with E-state index in [-0.39, 0.29) is 0 Å². The van der Waals surface area contributed by atoms with Gasteiger partial charge in [-0.25, -0.2) is 0 Å². The molecular weight excluding hydrogens is 351 g/mol. The Morgan fingerprint density at radius 1 is 1.06 bits per heavy atom. The molecular formula is C16H13IS. The van der Waals surface area contributed by atoms with Crippen molar-refractivity contribution in [3.05, 3.63) is 74.9 Å². The number of hydrogen-bond acceptors (Lipinski definition) is 1. The summed E-state index contributed by atoms with van der Waals surface area (Å²) in [7, 11) is 0. The van der Waals surface area contributed by atoms with Crippen molar-refractivity contribution in [2.45, 2.75) is 6.92 Å². The second-order valence-corrected chi connectivity index (χ2v) is 5.69. The Bertz CT molecular complexity index is 582. The van der Waals surface area contributed by atoms with Crippen molar-refractivity contribution in [1.29, 1.82) is 0 Å². The van der Waals surface area contributed by atoms with Crippen LogP contribution >= 0.6 is 34.8 Å². The summed E-state index contributed by atoms with van der Waals surface area (Å²) in [5.41, 5.74) is 3.55. The summed E-state index contributed by atoms with van der Waals surface area (Å²) >= 11 is 7.75. The third-order valence-electron chi connectivity index (χ3n) is 2.66. The maximum atomic E-state index is 5.42. The number of rotatable bonds is 3. The summed E-state index contributed by atoms with van der Waals surface area (Å²) in [6, 6.07) is 16.6. The lowest BCUT2D eigenvalue weighted by Gasteiger charge is -2.00. The molecule has 0 N–H and O–H groups in total. The first-order valence-corrected chi connectivity index (χ1v) is 7.19. The van der Waals surface area contributed by atoms with Crippen LogP contribution in [0.1, 0.15) is 16.7 Å². The predicted molar refractivity (Wildman–Crippen MR) is 91.1 cm³/mol. The van der Waals surface area contributed by atoms with E-state index in [1.54, 1.807) is 0 Å². The molecule has 0 aliphatic heterocycles. The first-order chi connectivity index (χ1) is 8.66. The van der Waals surface area contributed by atoms with E-state index in [2.05, 4.69) is 72.0 Å². The van der Waals surface area contributed by atoms with Gasteiger partial charge in [0.05, 0.1) is 0 Å². The van der Waals surface area contributed by atoms with Crippen LogP contribution in [-0.2, 0) is 0 Å². The van der Waals surface area contributed by atoms with Gasteiger partial charge in [0.1, 0.15) is 0 Å². The summed E-state index contributed by atoms with van der Waals surface area (Å²) in [6.07, 6.45) is 4.07. The van der Waals surface area contributed by atoms with Crippen LogP contribution in [0.15, 0.2) is 54.6 Å². The Labute approximate surface area is 127 Å². The summed E-state index contributed by atoms with van der Waals surface area (Å²) in [5, 5.41) is 0. The van der Waals surface area contributed by atoms with Crippen molar-refractivity contribution in [1.82, 2.24) is 0 Å². The molecule has 0 bridgehead atoms. The van der Waals surface area contributed by atoms with Gasteiger partial charge in [-0.1, -0.05) is 66.3 Å². The molecule has 0 aromatic heterocycles. The maximum absolute atomic E-state index is 5.42. The van der Waals surface area contributed by atoms with Crippen molar-refractivity contribution in [2.75, 3.05) is 0 Å². The smallest absolute Gasteiger partial charge is 0.0449 e. The van der Waals surface area contributed by atoms with E-state index in [1.807, 2.05) is 18.2 Å². The van der Waals surface area contributed by atoms with E-state index < -0.39 is 0 Å². The largest absolute Gasteiger partial charge is 0.0795 e. The monoisotopic (exact) mass is 364 g/mol. The third-order valence-corrected chi connectivity index (χ3v) is 4.01. The molecule has 0 radical (unpaired) electrons. The Morgan fingerprint density at radius 2 is 1.72 bits per heavy atom. The zero-order valence-corrected chi connectivity index (χ0v) is 13.0. The maximum Gasteiger partial charge on any atom is 0.0449 e. The average molecular weight is 364 g/mol. The fraction of sp³-hybridized carbons (Fsp3) is 0.0625. The first-order valence-electron chi connectivity index (χ1n) is 5.70. The van der Waals surface area contributed by atoms with E-state index in [0.29, 0.717) is 0 Å². The van der Waals surface area contributed by atoms with E-state index in [1.165, 1.54) is 14.7 Å². The van der Waals surface area contributed by atoms with Crippen LogP contribution in [0.3, 0.4) is 0 Å². The first kappa shape index (κ1) is 13.4. The van der Waals surface area contributed by atoms with Crippen LogP contribution in [0.5, 0.6) is 0 Å². The molecule has 2 aromatic carbocycles. The van der Waals surface area contributed by atoms with Crippen molar-refractivity contribution in [3.8, 4) is 0 Å². The highest BCUT2D eigenvalue weighted by molar-refractivity contribution is 14.1. The summed E-state index contributed by atoms with van der Waals surface area (Å²) in [4.78, 5) is 0.870. The molecule has 2 rings (SSSR count). The number of benzene rings is 2. The second-order valence-electron chi connectivity index (χ2n) is 4.09. The molecule has 0 aliphatic rings. The zero-order valence-electron chi connectivity index (χ0n) is 10.1. The van der Waals surface area contributed by atoms with Gasteiger partial charge < -0.3 is 0 Å². The molecule has 0 fully saturated rings. The van der Waals surface area contributed by atoms with Crippen LogP contribution in [0.2, 0.25) is 0 Å². The number of hydrogen-bond donors (Lipinski definition) is 0. The van der Waals surface area contributed by atoms with Gasteiger partial charge in [-0.05, 0) is 52.8 Å². The fourth-order valence-corrected chi connectivity index (χ4v) is 2.36. The van der Waals surface area contributed by atoms with Gasteiger partial charge in [0.15, 0.2) is 0 Å². The van der Waals surface area contributed by atoms with Crippen LogP contribution in [-0.4, -0.2) is 4.86 Å². The summed E-state index contributed by atoms with van der Waals surface area (Å²) < 4.78 is 1.23. The Hall–Kier alpha value is -1.000. The fourth-order valence-electron chi connectivity index (χ4n) is 1.59. The molecule has 0 aliphatic carbocycles. The molecule has 0 nitrogen and oxygen atoms in total. The highest BCUT2D eigenvalue weighted by atomic mass is 127. The molecule has 0 saturated heterocycles. The molecule has 0 amide bonds. The molecule has 90 valence electrons. The van der Waals surface area contributed by atoms with Gasteiger partial charge in [0.2, 0.25) is 0 Å². The molecule has 2 heteroatoms. The minimum atomic E-state index is 0.870. The van der Waals surface area contributed by atoms with E-state index in [9.17, 15) is 0 Å².